The summed E-state index contributed by atoms with van der Waals surface area (Å²) in [5.41, 5.74) is 10.5. The van der Waals surface area contributed by atoms with Crippen LogP contribution in [0, 0.1) is 0 Å². The zero-order valence-corrected chi connectivity index (χ0v) is 13.0. The number of hydrogen-bond donors (Lipinski definition) is 2. The Kier molecular flexibility index (Phi) is 4.29. The molecule has 1 aromatic carbocycles. The van der Waals surface area contributed by atoms with Gasteiger partial charge < -0.3 is 0 Å². The van der Waals surface area contributed by atoms with Crippen LogP contribution in [0.5, 0.6) is 0 Å². The molecule has 1 aliphatic rings. The van der Waals surface area contributed by atoms with Crippen molar-refractivity contribution >= 4 is 34.4 Å². The molecule has 1 amide bonds. The quantitative estimate of drug-likeness (QED) is 0.672. The van der Waals surface area contributed by atoms with Crippen LogP contribution in [0.25, 0.3) is 0 Å². The van der Waals surface area contributed by atoms with Gasteiger partial charge in [0, 0.05) is 18.4 Å². The average molecular weight is 312 g/mol. The zero-order chi connectivity index (χ0) is 15.4. The van der Waals surface area contributed by atoms with Crippen LogP contribution in [0.2, 0.25) is 0 Å². The van der Waals surface area contributed by atoms with Crippen molar-refractivity contribution in [3.8, 4) is 0 Å². The topological polar surface area (TPSA) is 65.8 Å². The monoisotopic (exact) mass is 312 g/mol. The minimum atomic E-state index is -0.0275. The fourth-order valence-corrected chi connectivity index (χ4v) is 2.80. The van der Waals surface area contributed by atoms with Gasteiger partial charge in [0.15, 0.2) is 0 Å². The highest BCUT2D eigenvalue weighted by molar-refractivity contribution is 7.08. The summed E-state index contributed by atoms with van der Waals surface area (Å²) in [5, 5.41) is 12.6. The molecule has 0 unspecified atom stereocenters. The molecule has 6 heteroatoms. The van der Waals surface area contributed by atoms with E-state index in [-0.39, 0.29) is 5.91 Å². The minimum absolute atomic E-state index is 0.0275. The molecule has 0 aliphatic carbocycles. The number of carbonyl (C=O) groups is 1. The predicted octanol–water partition coefficient (Wildman–Crippen LogP) is 3.20. The van der Waals surface area contributed by atoms with E-state index in [0.717, 1.165) is 28.2 Å². The zero-order valence-electron chi connectivity index (χ0n) is 12.2. The molecule has 0 fully saturated rings. The lowest BCUT2D eigenvalue weighted by Crippen LogP contribution is -2.25. The first-order chi connectivity index (χ1) is 10.7. The molecule has 0 bridgehead atoms. The molecule has 0 saturated heterocycles. The van der Waals surface area contributed by atoms with Crippen molar-refractivity contribution in [1.29, 1.82) is 0 Å². The van der Waals surface area contributed by atoms with Crippen LogP contribution in [0.15, 0.2) is 51.3 Å². The fraction of sp³-hybridized carbons (Fsp3) is 0.188. The molecular weight excluding hydrogens is 296 g/mol. The molecule has 5 nitrogen and oxygen atoms in total. The molecule has 112 valence electrons. The minimum Gasteiger partial charge on any atom is -0.278 e. The molecule has 0 atom stereocenters. The van der Waals surface area contributed by atoms with Crippen molar-refractivity contribution < 1.29 is 4.79 Å². The van der Waals surface area contributed by atoms with Gasteiger partial charge in [0.05, 0.1) is 17.1 Å². The number of anilines is 1. The number of nitrogens with one attached hydrogen (secondary N) is 2. The standard InChI is InChI=1S/C16H16N4OS/c1-11(13-8-9-22-10-13)17-18-14-4-2-12(3-5-14)15-6-7-16(21)20-19-15/h2-5,8-10,18H,6-7H2,1H3,(H,20,21). The Morgan fingerprint density at radius 3 is 2.73 bits per heavy atom. The number of thiophene rings is 1. The molecule has 2 heterocycles. The van der Waals surface area contributed by atoms with Crippen molar-refractivity contribution in [1.82, 2.24) is 5.43 Å². The van der Waals surface area contributed by atoms with E-state index in [2.05, 4.69) is 26.4 Å². The first-order valence-corrected chi connectivity index (χ1v) is 7.95. The summed E-state index contributed by atoms with van der Waals surface area (Å²) in [6.45, 7) is 1.98. The van der Waals surface area contributed by atoms with Crippen molar-refractivity contribution in [2.24, 2.45) is 10.2 Å². The van der Waals surface area contributed by atoms with Crippen LogP contribution >= 0.6 is 11.3 Å². The number of amides is 1. The van der Waals surface area contributed by atoms with Crippen LogP contribution < -0.4 is 10.9 Å². The first-order valence-electron chi connectivity index (χ1n) is 7.01. The van der Waals surface area contributed by atoms with E-state index in [1.807, 2.05) is 42.6 Å². The maximum absolute atomic E-state index is 11.1. The van der Waals surface area contributed by atoms with Crippen LogP contribution in [0.4, 0.5) is 5.69 Å². The van der Waals surface area contributed by atoms with Gasteiger partial charge in [0.2, 0.25) is 5.91 Å². The smallest absolute Gasteiger partial charge is 0.240 e. The van der Waals surface area contributed by atoms with Crippen molar-refractivity contribution in [3.63, 3.8) is 0 Å². The van der Waals surface area contributed by atoms with Gasteiger partial charge in [0.25, 0.3) is 0 Å². The third-order valence-corrected chi connectivity index (χ3v) is 4.10. The van der Waals surface area contributed by atoms with Crippen LogP contribution in [0.1, 0.15) is 30.9 Å². The number of hydrazone groups is 2. The largest absolute Gasteiger partial charge is 0.278 e. The summed E-state index contributed by atoms with van der Waals surface area (Å²) in [6, 6.07) is 9.92. The highest BCUT2D eigenvalue weighted by Gasteiger charge is 2.12. The fourth-order valence-electron chi connectivity index (χ4n) is 2.10. The summed E-state index contributed by atoms with van der Waals surface area (Å²) < 4.78 is 0. The Labute approximate surface area is 132 Å². The second kappa shape index (κ2) is 6.53. The molecule has 0 spiro atoms. The van der Waals surface area contributed by atoms with Gasteiger partial charge in [-0.3, -0.25) is 10.2 Å². The first kappa shape index (κ1) is 14.5. The predicted molar refractivity (Wildman–Crippen MR) is 90.5 cm³/mol. The molecule has 0 saturated carbocycles. The lowest BCUT2D eigenvalue weighted by molar-refractivity contribution is -0.121. The van der Waals surface area contributed by atoms with Gasteiger partial charge in [-0.1, -0.05) is 12.1 Å². The van der Waals surface area contributed by atoms with Crippen molar-refractivity contribution in [3.05, 3.63) is 52.2 Å². The Bertz CT molecular complexity index is 717. The van der Waals surface area contributed by atoms with Crippen LogP contribution in [-0.2, 0) is 4.79 Å². The van der Waals surface area contributed by atoms with Gasteiger partial charge in [-0.25, -0.2) is 5.43 Å². The van der Waals surface area contributed by atoms with E-state index in [0.29, 0.717) is 12.8 Å². The number of nitrogens with zero attached hydrogens (tertiary/aromatic N) is 2. The molecule has 2 aromatic rings. The summed E-state index contributed by atoms with van der Waals surface area (Å²) in [5.74, 6) is -0.0275. The lowest BCUT2D eigenvalue weighted by Gasteiger charge is -2.12. The van der Waals surface area contributed by atoms with Gasteiger partial charge in [-0.2, -0.15) is 21.5 Å². The Balaban J connectivity index is 1.67. The van der Waals surface area contributed by atoms with E-state index in [1.54, 1.807) is 11.3 Å². The average Bonchev–Trinajstić information content (AvgIpc) is 3.08. The lowest BCUT2D eigenvalue weighted by atomic mass is 10.0. The molecule has 2 N–H and O–H groups in total. The molecule has 0 radical (unpaired) electrons. The van der Waals surface area contributed by atoms with Gasteiger partial charge >= 0.3 is 0 Å². The number of rotatable bonds is 4. The molecular formula is C16H16N4OS. The molecule has 22 heavy (non-hydrogen) atoms. The third-order valence-electron chi connectivity index (χ3n) is 3.41. The van der Waals surface area contributed by atoms with E-state index >= 15 is 0 Å². The van der Waals surface area contributed by atoms with E-state index in [9.17, 15) is 4.79 Å². The van der Waals surface area contributed by atoms with Crippen LogP contribution in [-0.4, -0.2) is 17.3 Å². The van der Waals surface area contributed by atoms with E-state index in [4.69, 9.17) is 0 Å². The Morgan fingerprint density at radius 1 is 1.27 bits per heavy atom. The SMILES string of the molecule is CC(=NNc1ccc(C2=NNC(=O)CC2)cc1)c1ccsc1. The van der Waals surface area contributed by atoms with Gasteiger partial charge in [-0.05, 0) is 41.4 Å². The van der Waals surface area contributed by atoms with Gasteiger partial charge in [0.1, 0.15) is 0 Å². The Morgan fingerprint density at radius 2 is 2.09 bits per heavy atom. The van der Waals surface area contributed by atoms with Crippen LogP contribution in [0.3, 0.4) is 0 Å². The summed E-state index contributed by atoms with van der Waals surface area (Å²) in [7, 11) is 0. The van der Waals surface area contributed by atoms with E-state index < -0.39 is 0 Å². The molecule has 3 rings (SSSR count). The Hall–Kier alpha value is -2.47. The highest BCUT2D eigenvalue weighted by atomic mass is 32.1. The second-order valence-electron chi connectivity index (χ2n) is 4.99. The normalized spacial score (nSPS) is 15.2. The third kappa shape index (κ3) is 3.40. The van der Waals surface area contributed by atoms with Crippen molar-refractivity contribution in [2.75, 3.05) is 5.43 Å². The van der Waals surface area contributed by atoms with Gasteiger partial charge in [-0.15, -0.1) is 0 Å². The molecule has 1 aliphatic heterocycles. The summed E-state index contributed by atoms with van der Waals surface area (Å²) in [4.78, 5) is 11.1. The summed E-state index contributed by atoms with van der Waals surface area (Å²) in [6.07, 6.45) is 1.16. The summed E-state index contributed by atoms with van der Waals surface area (Å²) >= 11 is 1.66. The maximum Gasteiger partial charge on any atom is 0.240 e. The number of benzene rings is 1. The molecule has 1 aromatic heterocycles. The second-order valence-corrected chi connectivity index (χ2v) is 5.77. The highest BCUT2D eigenvalue weighted by Crippen LogP contribution is 2.15. The number of hydrogen-bond acceptors (Lipinski definition) is 5. The maximum atomic E-state index is 11.1. The van der Waals surface area contributed by atoms with Crippen molar-refractivity contribution in [2.45, 2.75) is 19.8 Å². The number of carbonyl (C=O) groups excluding carboxylic acids is 1. The van der Waals surface area contributed by atoms with E-state index in [1.165, 1.54) is 0 Å².